The molecule has 0 radical (unpaired) electrons. The lowest BCUT2D eigenvalue weighted by Crippen LogP contribution is -2.32. The van der Waals surface area contributed by atoms with Crippen LogP contribution in [-0.2, 0) is 22.5 Å². The van der Waals surface area contributed by atoms with Gasteiger partial charge in [0.1, 0.15) is 6.61 Å². The van der Waals surface area contributed by atoms with Crippen molar-refractivity contribution in [1.29, 1.82) is 0 Å². The van der Waals surface area contributed by atoms with Gasteiger partial charge in [-0.1, -0.05) is 54.1 Å². The topological polar surface area (TPSA) is 48.0 Å². The minimum atomic E-state index is 0.152. The summed E-state index contributed by atoms with van der Waals surface area (Å²) in [5, 5.41) is 0. The minimum Gasteiger partial charge on any atom is -0.489 e. The molecule has 3 aromatic carbocycles. The molecule has 0 saturated carbocycles. The second-order valence-corrected chi connectivity index (χ2v) is 9.97. The van der Waals surface area contributed by atoms with Crippen LogP contribution in [0, 0.1) is 19.8 Å². The van der Waals surface area contributed by atoms with Crippen LogP contribution < -0.4 is 9.47 Å². The zero-order chi connectivity index (χ0) is 24.9. The fourth-order valence-electron chi connectivity index (χ4n) is 4.94. The second-order valence-electron chi connectivity index (χ2n) is 9.97. The Morgan fingerprint density at radius 3 is 2.67 bits per heavy atom. The molecular formula is C31H35NO4. The van der Waals surface area contributed by atoms with E-state index < -0.39 is 0 Å². The van der Waals surface area contributed by atoms with E-state index in [-0.39, 0.29) is 5.91 Å². The molecule has 1 atom stereocenters. The lowest BCUT2D eigenvalue weighted by Gasteiger charge is -2.21. The van der Waals surface area contributed by atoms with Gasteiger partial charge in [-0.2, -0.15) is 0 Å². The number of aryl methyl sites for hydroxylation is 3. The summed E-state index contributed by atoms with van der Waals surface area (Å²) in [6.45, 7) is 7.88. The highest BCUT2D eigenvalue weighted by molar-refractivity contribution is 5.77. The van der Waals surface area contributed by atoms with Crippen LogP contribution in [0.4, 0.5) is 0 Å². The zero-order valence-corrected chi connectivity index (χ0v) is 21.3. The molecule has 0 bridgehead atoms. The average Bonchev–Trinajstić information content (AvgIpc) is 3.31. The number of amides is 1. The quantitative estimate of drug-likeness (QED) is 0.428. The molecule has 5 nitrogen and oxygen atoms in total. The van der Waals surface area contributed by atoms with E-state index >= 15 is 0 Å². The Kier molecular flexibility index (Phi) is 7.57. The summed E-state index contributed by atoms with van der Waals surface area (Å²) in [6, 6.07) is 21.0. The third-order valence-corrected chi connectivity index (χ3v) is 7.16. The molecule has 1 fully saturated rings. The first-order valence-corrected chi connectivity index (χ1v) is 13.0. The predicted octanol–water partition coefficient (Wildman–Crippen LogP) is 5.74. The molecule has 2 aliphatic rings. The normalized spacial score (nSPS) is 17.3. The van der Waals surface area contributed by atoms with Gasteiger partial charge >= 0.3 is 0 Å². The zero-order valence-electron chi connectivity index (χ0n) is 21.3. The van der Waals surface area contributed by atoms with Gasteiger partial charge in [-0.15, -0.1) is 0 Å². The van der Waals surface area contributed by atoms with Gasteiger partial charge in [-0.05, 0) is 61.1 Å². The van der Waals surface area contributed by atoms with Crippen molar-refractivity contribution in [2.24, 2.45) is 5.92 Å². The van der Waals surface area contributed by atoms with Gasteiger partial charge < -0.3 is 19.1 Å². The van der Waals surface area contributed by atoms with Gasteiger partial charge in [0.25, 0.3) is 0 Å². The summed E-state index contributed by atoms with van der Waals surface area (Å²) in [7, 11) is 0. The molecule has 0 aliphatic carbocycles. The second kappa shape index (κ2) is 11.2. The van der Waals surface area contributed by atoms with E-state index in [1.165, 1.54) is 16.7 Å². The minimum absolute atomic E-state index is 0.152. The van der Waals surface area contributed by atoms with Crippen LogP contribution in [0.2, 0.25) is 0 Å². The smallest absolute Gasteiger partial charge is 0.223 e. The molecule has 5 rings (SSSR count). The summed E-state index contributed by atoms with van der Waals surface area (Å²) in [4.78, 5) is 15.1. The number of ether oxygens (including phenoxy) is 3. The summed E-state index contributed by atoms with van der Waals surface area (Å²) in [5.41, 5.74) is 6.86. The maximum absolute atomic E-state index is 13.2. The number of rotatable bonds is 7. The summed E-state index contributed by atoms with van der Waals surface area (Å²) >= 11 is 0. The van der Waals surface area contributed by atoms with E-state index in [0.717, 1.165) is 54.2 Å². The van der Waals surface area contributed by atoms with E-state index in [4.69, 9.17) is 14.2 Å². The molecule has 2 heterocycles. The van der Waals surface area contributed by atoms with Crippen molar-refractivity contribution < 1.29 is 19.0 Å². The van der Waals surface area contributed by atoms with E-state index in [1.54, 1.807) is 0 Å². The van der Waals surface area contributed by atoms with Crippen LogP contribution in [0.15, 0.2) is 60.7 Å². The van der Waals surface area contributed by atoms with Crippen molar-refractivity contribution in [3.8, 4) is 22.6 Å². The number of hydrogen-bond acceptors (Lipinski definition) is 4. The van der Waals surface area contributed by atoms with Gasteiger partial charge in [0, 0.05) is 31.1 Å². The van der Waals surface area contributed by atoms with Gasteiger partial charge in [0.2, 0.25) is 5.91 Å². The Labute approximate surface area is 214 Å². The molecule has 0 N–H and O–H groups in total. The molecular weight excluding hydrogens is 450 g/mol. The Hall–Kier alpha value is -3.31. The highest BCUT2D eigenvalue weighted by Crippen LogP contribution is 2.40. The van der Waals surface area contributed by atoms with E-state index in [0.29, 0.717) is 38.6 Å². The third-order valence-electron chi connectivity index (χ3n) is 7.16. The number of carbonyl (C=O) groups is 1. The van der Waals surface area contributed by atoms with Crippen molar-refractivity contribution in [3.63, 3.8) is 0 Å². The van der Waals surface area contributed by atoms with Gasteiger partial charge in [-0.25, -0.2) is 0 Å². The first-order chi connectivity index (χ1) is 17.6. The maximum atomic E-state index is 13.2. The van der Waals surface area contributed by atoms with Crippen molar-refractivity contribution in [2.75, 3.05) is 33.0 Å². The van der Waals surface area contributed by atoms with Crippen LogP contribution in [0.3, 0.4) is 0 Å². The molecule has 0 unspecified atom stereocenters. The number of fused-ring (bicyclic) bond motifs is 1. The largest absolute Gasteiger partial charge is 0.489 e. The molecule has 3 aromatic rings. The molecule has 2 aliphatic heterocycles. The Morgan fingerprint density at radius 2 is 1.89 bits per heavy atom. The van der Waals surface area contributed by atoms with Crippen molar-refractivity contribution in [1.82, 2.24) is 4.90 Å². The fraction of sp³-hybridized carbons (Fsp3) is 0.387. The van der Waals surface area contributed by atoms with Crippen molar-refractivity contribution in [2.45, 2.75) is 39.7 Å². The molecule has 0 aromatic heterocycles. The lowest BCUT2D eigenvalue weighted by atomic mass is 9.97. The summed E-state index contributed by atoms with van der Waals surface area (Å²) < 4.78 is 18.1. The first kappa shape index (κ1) is 24.4. The third kappa shape index (κ3) is 5.73. The van der Waals surface area contributed by atoms with Crippen LogP contribution in [0.1, 0.15) is 35.1 Å². The van der Waals surface area contributed by atoms with E-state index in [9.17, 15) is 4.79 Å². The molecule has 36 heavy (non-hydrogen) atoms. The Balaban J connectivity index is 1.39. The Bertz CT molecular complexity index is 1200. The van der Waals surface area contributed by atoms with Crippen LogP contribution in [-0.4, -0.2) is 43.8 Å². The van der Waals surface area contributed by atoms with Crippen LogP contribution in [0.25, 0.3) is 11.1 Å². The number of nitrogens with zero attached hydrogens (tertiary/aromatic N) is 1. The van der Waals surface area contributed by atoms with Crippen molar-refractivity contribution in [3.05, 3.63) is 82.9 Å². The highest BCUT2D eigenvalue weighted by atomic mass is 16.5. The van der Waals surface area contributed by atoms with Crippen LogP contribution >= 0.6 is 0 Å². The fourth-order valence-corrected chi connectivity index (χ4v) is 4.94. The molecule has 5 heteroatoms. The van der Waals surface area contributed by atoms with Crippen LogP contribution in [0.5, 0.6) is 11.5 Å². The summed E-state index contributed by atoms with van der Waals surface area (Å²) in [6.07, 6.45) is 2.25. The van der Waals surface area contributed by atoms with Gasteiger partial charge in [0.15, 0.2) is 11.5 Å². The van der Waals surface area contributed by atoms with E-state index in [1.807, 2.05) is 4.90 Å². The predicted molar refractivity (Wildman–Crippen MR) is 141 cm³/mol. The number of carbonyl (C=O) groups excluding carboxylic acids is 1. The van der Waals surface area contributed by atoms with Gasteiger partial charge in [-0.3, -0.25) is 4.79 Å². The number of benzene rings is 3. The maximum Gasteiger partial charge on any atom is 0.223 e. The van der Waals surface area contributed by atoms with Crippen molar-refractivity contribution >= 4 is 5.91 Å². The molecule has 1 amide bonds. The summed E-state index contributed by atoms with van der Waals surface area (Å²) in [5.74, 6) is 2.07. The standard InChI is InChI=1S/C31H35NO4/c1-22-7-9-24(10-8-22)11-12-30(33)32-14-16-35-31-27(19-32)17-26(28-6-4-3-5-23(28)2)18-29(31)36-21-25-13-15-34-20-25/h3-10,17-18,25H,11-16,19-21H2,1-2H3/t25-/m0/s1. The molecule has 0 spiro atoms. The number of hydrogen-bond donors (Lipinski definition) is 0. The SMILES string of the molecule is Cc1ccc(CCC(=O)N2CCOc3c(cc(-c4ccccc4C)cc3OC[C@H]3CCOC3)C2)cc1. The Morgan fingerprint density at radius 1 is 1.06 bits per heavy atom. The molecule has 188 valence electrons. The lowest BCUT2D eigenvalue weighted by molar-refractivity contribution is -0.131. The average molecular weight is 486 g/mol. The first-order valence-electron chi connectivity index (χ1n) is 13.0. The van der Waals surface area contributed by atoms with Gasteiger partial charge in [0.05, 0.1) is 19.8 Å². The van der Waals surface area contributed by atoms with E-state index in [2.05, 4.69) is 74.5 Å². The highest BCUT2D eigenvalue weighted by Gasteiger charge is 2.25. The monoisotopic (exact) mass is 485 g/mol. The molecule has 1 saturated heterocycles.